The summed E-state index contributed by atoms with van der Waals surface area (Å²) in [6.45, 7) is 2.83. The Bertz CT molecular complexity index is 1060. The number of para-hydroxylation sites is 1. The second-order valence-electron chi connectivity index (χ2n) is 7.69. The van der Waals surface area contributed by atoms with Crippen LogP contribution in [0.1, 0.15) is 12.5 Å². The summed E-state index contributed by atoms with van der Waals surface area (Å²) in [5, 5.41) is 5.11. The highest BCUT2D eigenvalue weighted by Crippen LogP contribution is 2.27. The zero-order valence-electron chi connectivity index (χ0n) is 16.8. The van der Waals surface area contributed by atoms with Gasteiger partial charge in [-0.1, -0.05) is 54.6 Å². The number of nitrogens with zero attached hydrogens (tertiary/aromatic N) is 1. The van der Waals surface area contributed by atoms with Gasteiger partial charge in [-0.15, -0.1) is 0 Å². The number of quaternary nitrogens is 1. The van der Waals surface area contributed by atoms with Crippen molar-refractivity contribution in [1.29, 1.82) is 0 Å². The number of benzene rings is 3. The summed E-state index contributed by atoms with van der Waals surface area (Å²) in [6.07, 6.45) is 0.884. The van der Waals surface area contributed by atoms with Crippen molar-refractivity contribution in [3.63, 3.8) is 0 Å². The Balaban J connectivity index is 1.41. The number of hydrogen-bond donors (Lipinski definition) is 2. The Labute approximate surface area is 170 Å². The van der Waals surface area contributed by atoms with Gasteiger partial charge in [0.15, 0.2) is 12.6 Å². The van der Waals surface area contributed by atoms with Crippen LogP contribution in [0, 0.1) is 0 Å². The van der Waals surface area contributed by atoms with Crippen LogP contribution in [0.15, 0.2) is 66.7 Å². The van der Waals surface area contributed by atoms with Crippen molar-refractivity contribution in [1.82, 2.24) is 0 Å². The molecular formula is C24H26N3O2+. The Morgan fingerprint density at radius 2 is 1.76 bits per heavy atom. The van der Waals surface area contributed by atoms with Crippen molar-refractivity contribution in [3.05, 3.63) is 72.3 Å². The van der Waals surface area contributed by atoms with E-state index in [0.717, 1.165) is 33.5 Å². The second kappa shape index (κ2) is 8.05. The van der Waals surface area contributed by atoms with Crippen molar-refractivity contribution in [2.45, 2.75) is 19.4 Å². The molecule has 0 saturated carbocycles. The van der Waals surface area contributed by atoms with Crippen molar-refractivity contribution in [2.75, 3.05) is 30.4 Å². The van der Waals surface area contributed by atoms with E-state index < -0.39 is 0 Å². The Kier molecular flexibility index (Phi) is 5.32. The molecule has 0 aliphatic carbocycles. The molecular weight excluding hydrogens is 362 g/mol. The third kappa shape index (κ3) is 3.87. The molecule has 2 N–H and O–H groups in total. The summed E-state index contributed by atoms with van der Waals surface area (Å²) in [5.41, 5.74) is 3.00. The molecule has 0 saturated heterocycles. The predicted molar refractivity (Wildman–Crippen MR) is 116 cm³/mol. The second-order valence-corrected chi connectivity index (χ2v) is 7.69. The van der Waals surface area contributed by atoms with E-state index in [1.165, 1.54) is 5.56 Å². The molecule has 1 aliphatic heterocycles. The van der Waals surface area contributed by atoms with E-state index in [2.05, 4.69) is 11.4 Å². The van der Waals surface area contributed by atoms with Crippen LogP contribution >= 0.6 is 0 Å². The van der Waals surface area contributed by atoms with E-state index >= 15 is 0 Å². The van der Waals surface area contributed by atoms with Crippen molar-refractivity contribution >= 4 is 34.0 Å². The molecule has 1 aliphatic rings. The first kappa shape index (κ1) is 19.2. The Hall–Kier alpha value is -3.18. The molecule has 148 valence electrons. The summed E-state index contributed by atoms with van der Waals surface area (Å²) in [4.78, 5) is 28.4. The number of carbonyl (C=O) groups excluding carboxylic acids is 2. The quantitative estimate of drug-likeness (QED) is 0.705. The molecule has 0 aromatic heterocycles. The first-order valence-electron chi connectivity index (χ1n) is 10.0. The Morgan fingerprint density at radius 3 is 2.62 bits per heavy atom. The standard InChI is InChI=1S/C24H25N3O2/c1-17(24(29)27-15-14-19-9-4-6-13-22(19)27)26(2)16-23(28)25-21-12-7-10-18-8-3-5-11-20(18)21/h3-13,17H,14-16H2,1-2H3,(H,25,28)/p+1/t17-/m1/s1. The van der Waals surface area contributed by atoms with E-state index in [1.807, 2.05) is 79.5 Å². The van der Waals surface area contributed by atoms with E-state index in [-0.39, 0.29) is 24.4 Å². The maximum atomic E-state index is 13.0. The molecule has 5 heteroatoms. The number of carbonyl (C=O) groups is 2. The highest BCUT2D eigenvalue weighted by atomic mass is 16.2. The molecule has 3 aromatic carbocycles. The number of nitrogens with one attached hydrogen (secondary N) is 2. The largest absolute Gasteiger partial charge is 0.321 e. The summed E-state index contributed by atoms with van der Waals surface area (Å²) in [7, 11) is 1.90. The van der Waals surface area contributed by atoms with Gasteiger partial charge in [-0.2, -0.15) is 0 Å². The van der Waals surface area contributed by atoms with Gasteiger partial charge >= 0.3 is 0 Å². The summed E-state index contributed by atoms with van der Waals surface area (Å²) in [6, 6.07) is 21.6. The van der Waals surface area contributed by atoms with Crippen LogP contribution in [0.25, 0.3) is 10.8 Å². The maximum absolute atomic E-state index is 13.0. The molecule has 2 amide bonds. The third-order valence-electron chi connectivity index (χ3n) is 5.77. The maximum Gasteiger partial charge on any atom is 0.284 e. The predicted octanol–water partition coefficient (Wildman–Crippen LogP) is 2.27. The number of amides is 2. The lowest BCUT2D eigenvalue weighted by Gasteiger charge is -2.25. The van der Waals surface area contributed by atoms with E-state index in [4.69, 9.17) is 0 Å². The van der Waals surface area contributed by atoms with Gasteiger partial charge in [0.1, 0.15) is 0 Å². The lowest BCUT2D eigenvalue weighted by Crippen LogP contribution is -3.15. The van der Waals surface area contributed by atoms with Crippen LogP contribution in [0.5, 0.6) is 0 Å². The molecule has 0 fully saturated rings. The number of rotatable bonds is 5. The average molecular weight is 388 g/mol. The highest BCUT2D eigenvalue weighted by Gasteiger charge is 2.32. The molecule has 2 atom stereocenters. The zero-order valence-corrected chi connectivity index (χ0v) is 16.8. The summed E-state index contributed by atoms with van der Waals surface area (Å²) >= 11 is 0. The molecule has 0 radical (unpaired) electrons. The van der Waals surface area contributed by atoms with Gasteiger partial charge in [0, 0.05) is 23.3 Å². The summed E-state index contributed by atoms with van der Waals surface area (Å²) in [5.74, 6) is -0.0364. The van der Waals surface area contributed by atoms with Crippen molar-refractivity contribution in [3.8, 4) is 0 Å². The van der Waals surface area contributed by atoms with Gasteiger partial charge in [-0.25, -0.2) is 0 Å². The monoisotopic (exact) mass is 388 g/mol. The van der Waals surface area contributed by atoms with E-state index in [0.29, 0.717) is 6.54 Å². The minimum absolute atomic E-state index is 0.0606. The molecule has 29 heavy (non-hydrogen) atoms. The van der Waals surface area contributed by atoms with E-state index in [1.54, 1.807) is 0 Å². The molecule has 0 spiro atoms. The fourth-order valence-electron chi connectivity index (χ4n) is 3.95. The van der Waals surface area contributed by atoms with Gasteiger partial charge in [-0.3, -0.25) is 9.59 Å². The lowest BCUT2D eigenvalue weighted by atomic mass is 10.1. The fourth-order valence-corrected chi connectivity index (χ4v) is 3.95. The number of fused-ring (bicyclic) bond motifs is 2. The normalized spacial score (nSPS) is 15.0. The van der Waals surface area contributed by atoms with Gasteiger partial charge in [-0.05, 0) is 36.4 Å². The van der Waals surface area contributed by atoms with Crippen LogP contribution in [0.2, 0.25) is 0 Å². The fraction of sp³-hybridized carbons (Fsp3) is 0.250. The number of hydrogen-bond acceptors (Lipinski definition) is 2. The number of likely N-dealkylation sites (N-methyl/N-ethyl adjacent to an activating group) is 1. The highest BCUT2D eigenvalue weighted by molar-refractivity contribution is 6.02. The molecule has 5 nitrogen and oxygen atoms in total. The van der Waals surface area contributed by atoms with Crippen LogP contribution in [0.3, 0.4) is 0 Å². The lowest BCUT2D eigenvalue weighted by molar-refractivity contribution is -0.885. The molecule has 1 unspecified atom stereocenters. The van der Waals surface area contributed by atoms with Gasteiger partial charge in [0.05, 0.1) is 7.05 Å². The third-order valence-corrected chi connectivity index (χ3v) is 5.77. The van der Waals surface area contributed by atoms with Gasteiger partial charge in [0.2, 0.25) is 0 Å². The van der Waals surface area contributed by atoms with Crippen molar-refractivity contribution in [2.24, 2.45) is 0 Å². The first-order valence-corrected chi connectivity index (χ1v) is 10.0. The minimum Gasteiger partial charge on any atom is -0.321 e. The Morgan fingerprint density at radius 1 is 1.03 bits per heavy atom. The van der Waals surface area contributed by atoms with Crippen LogP contribution in [-0.2, 0) is 16.0 Å². The van der Waals surface area contributed by atoms with E-state index in [9.17, 15) is 9.59 Å². The first-order chi connectivity index (χ1) is 14.0. The number of anilines is 2. The minimum atomic E-state index is -0.306. The molecule has 0 bridgehead atoms. The SMILES string of the molecule is C[C@H](C(=O)N1CCc2ccccc21)[NH+](C)CC(=O)Nc1cccc2ccccc12. The van der Waals surface area contributed by atoms with Crippen LogP contribution in [-0.4, -0.2) is 38.0 Å². The average Bonchev–Trinajstić information content (AvgIpc) is 3.17. The zero-order chi connectivity index (χ0) is 20.4. The van der Waals surface area contributed by atoms with Crippen LogP contribution in [0.4, 0.5) is 11.4 Å². The smallest absolute Gasteiger partial charge is 0.284 e. The van der Waals surface area contributed by atoms with Crippen LogP contribution < -0.4 is 15.1 Å². The molecule has 3 aromatic rings. The molecule has 1 heterocycles. The topological polar surface area (TPSA) is 53.9 Å². The summed E-state index contributed by atoms with van der Waals surface area (Å²) < 4.78 is 0. The molecule has 4 rings (SSSR count). The van der Waals surface area contributed by atoms with Crippen molar-refractivity contribution < 1.29 is 14.5 Å². The van der Waals surface area contributed by atoms with Gasteiger partial charge < -0.3 is 15.1 Å². The van der Waals surface area contributed by atoms with Gasteiger partial charge in [0.25, 0.3) is 11.8 Å².